The van der Waals surface area contributed by atoms with Crippen molar-refractivity contribution in [2.75, 3.05) is 12.3 Å². The molecule has 1 atom stereocenters. The first-order valence-corrected chi connectivity index (χ1v) is 10.5. The Kier molecular flexibility index (Phi) is 4.82. The van der Waals surface area contributed by atoms with E-state index in [1.807, 2.05) is 22.4 Å². The second kappa shape index (κ2) is 7.25. The van der Waals surface area contributed by atoms with Gasteiger partial charge in [-0.3, -0.25) is 19.3 Å². The maximum Gasteiger partial charge on any atom is 0.289 e. The highest BCUT2D eigenvalue weighted by Gasteiger charge is 2.32. The fourth-order valence-electron chi connectivity index (χ4n) is 3.51. The number of benzene rings is 1. The molecular formula is C19H18N2O3S2. The Morgan fingerprint density at radius 3 is 2.85 bits per heavy atom. The van der Waals surface area contributed by atoms with Gasteiger partial charge in [-0.05, 0) is 52.9 Å². The molecule has 0 spiro atoms. The summed E-state index contributed by atoms with van der Waals surface area (Å²) in [6.45, 7) is 0.975. The number of hydrogen-bond donors (Lipinski definition) is 0. The molecule has 1 aromatic carbocycles. The molecule has 2 fully saturated rings. The van der Waals surface area contributed by atoms with Crippen molar-refractivity contribution >= 4 is 40.2 Å². The van der Waals surface area contributed by atoms with Crippen LogP contribution in [-0.4, -0.2) is 39.2 Å². The number of carbonyl (C=O) groups excluding carboxylic acids is 3. The Hall–Kier alpha value is -2.12. The molecule has 26 heavy (non-hydrogen) atoms. The minimum atomic E-state index is -0.219. The molecule has 5 nitrogen and oxygen atoms in total. The summed E-state index contributed by atoms with van der Waals surface area (Å²) in [6.07, 6.45) is 1.98. The minimum Gasteiger partial charge on any atom is -0.332 e. The number of carbonyl (C=O) groups is 3. The zero-order chi connectivity index (χ0) is 18.1. The number of amides is 3. The maximum absolute atomic E-state index is 13.0. The summed E-state index contributed by atoms with van der Waals surface area (Å²) in [5.41, 5.74) is 2.60. The Balaban J connectivity index is 1.53. The smallest absolute Gasteiger partial charge is 0.289 e. The van der Waals surface area contributed by atoms with Gasteiger partial charge in [0, 0.05) is 12.1 Å². The molecule has 1 unspecified atom stereocenters. The molecule has 3 amide bonds. The predicted molar refractivity (Wildman–Crippen MR) is 102 cm³/mol. The Morgan fingerprint density at radius 2 is 2.12 bits per heavy atom. The third-order valence-corrected chi connectivity index (χ3v) is 6.36. The van der Waals surface area contributed by atoms with Crippen LogP contribution in [0.5, 0.6) is 0 Å². The first-order chi connectivity index (χ1) is 12.6. The lowest BCUT2D eigenvalue weighted by Crippen LogP contribution is -2.31. The van der Waals surface area contributed by atoms with Crippen LogP contribution in [0.1, 0.15) is 40.4 Å². The molecule has 2 aliphatic rings. The van der Waals surface area contributed by atoms with E-state index in [2.05, 4.69) is 11.4 Å². The number of hydrogen-bond acceptors (Lipinski definition) is 5. The molecule has 0 radical (unpaired) electrons. The lowest BCUT2D eigenvalue weighted by atomic mass is 10.1. The highest BCUT2D eigenvalue weighted by molar-refractivity contribution is 8.14. The van der Waals surface area contributed by atoms with Gasteiger partial charge in [0.15, 0.2) is 0 Å². The van der Waals surface area contributed by atoms with Gasteiger partial charge in [-0.1, -0.05) is 23.9 Å². The zero-order valence-electron chi connectivity index (χ0n) is 14.1. The molecule has 2 aliphatic heterocycles. The van der Waals surface area contributed by atoms with Crippen LogP contribution in [0.3, 0.4) is 0 Å². The number of imide groups is 1. The molecule has 1 aromatic heterocycles. The van der Waals surface area contributed by atoms with Gasteiger partial charge in [0.1, 0.15) is 0 Å². The van der Waals surface area contributed by atoms with E-state index in [0.717, 1.165) is 36.7 Å². The molecule has 3 heterocycles. The lowest BCUT2D eigenvalue weighted by molar-refractivity contribution is -0.125. The summed E-state index contributed by atoms with van der Waals surface area (Å²) in [4.78, 5) is 39.8. The SMILES string of the molecule is O=C1CSC(=O)N1Cc1cccc(C(=O)N2CCCC2c2ccsc2)c1. The molecule has 134 valence electrons. The number of thioether (sulfide) groups is 1. The van der Waals surface area contributed by atoms with Crippen molar-refractivity contribution in [1.29, 1.82) is 0 Å². The van der Waals surface area contributed by atoms with Gasteiger partial charge < -0.3 is 4.90 Å². The second-order valence-electron chi connectivity index (χ2n) is 6.45. The van der Waals surface area contributed by atoms with Gasteiger partial charge in [-0.25, -0.2) is 0 Å². The van der Waals surface area contributed by atoms with Crippen molar-refractivity contribution in [2.45, 2.75) is 25.4 Å². The molecule has 2 aromatic rings. The summed E-state index contributed by atoms with van der Waals surface area (Å²) in [5, 5.41) is 3.93. The van der Waals surface area contributed by atoms with Gasteiger partial charge in [0.2, 0.25) is 5.91 Å². The van der Waals surface area contributed by atoms with E-state index in [9.17, 15) is 14.4 Å². The summed E-state index contributed by atoms with van der Waals surface area (Å²) in [7, 11) is 0. The summed E-state index contributed by atoms with van der Waals surface area (Å²) in [5.74, 6) is 0.0379. The van der Waals surface area contributed by atoms with Gasteiger partial charge in [-0.15, -0.1) is 0 Å². The van der Waals surface area contributed by atoms with Crippen LogP contribution in [-0.2, 0) is 11.3 Å². The topological polar surface area (TPSA) is 57.7 Å². The quantitative estimate of drug-likeness (QED) is 0.799. The highest BCUT2D eigenvalue weighted by atomic mass is 32.2. The molecular weight excluding hydrogens is 368 g/mol. The Labute approximate surface area is 160 Å². The molecule has 0 saturated carbocycles. The van der Waals surface area contributed by atoms with Crippen molar-refractivity contribution < 1.29 is 14.4 Å². The van der Waals surface area contributed by atoms with E-state index in [1.54, 1.807) is 23.5 Å². The fourth-order valence-corrected chi connectivity index (χ4v) is 4.94. The number of rotatable bonds is 4. The average molecular weight is 386 g/mol. The molecule has 0 aliphatic carbocycles. The van der Waals surface area contributed by atoms with Crippen LogP contribution in [0.15, 0.2) is 41.1 Å². The van der Waals surface area contributed by atoms with Gasteiger partial charge in [0.25, 0.3) is 11.1 Å². The molecule has 2 saturated heterocycles. The standard InChI is InChI=1S/C19H18N2O3S2/c22-17-12-26-19(24)21(17)10-13-3-1-4-14(9-13)18(23)20-7-2-5-16(20)15-6-8-25-11-15/h1,3-4,6,8-9,11,16H,2,5,7,10,12H2. The van der Waals surface area contributed by atoms with E-state index in [0.29, 0.717) is 5.56 Å². The lowest BCUT2D eigenvalue weighted by Gasteiger charge is -2.24. The third-order valence-electron chi connectivity index (χ3n) is 4.80. The number of nitrogens with zero attached hydrogens (tertiary/aromatic N) is 2. The van der Waals surface area contributed by atoms with Crippen molar-refractivity contribution in [3.8, 4) is 0 Å². The normalized spacial score (nSPS) is 20.2. The van der Waals surface area contributed by atoms with Crippen molar-refractivity contribution in [2.24, 2.45) is 0 Å². The molecule has 7 heteroatoms. The van der Waals surface area contributed by atoms with Gasteiger partial charge >= 0.3 is 0 Å². The van der Waals surface area contributed by atoms with E-state index < -0.39 is 0 Å². The van der Waals surface area contributed by atoms with E-state index in [4.69, 9.17) is 0 Å². The van der Waals surface area contributed by atoms with Gasteiger partial charge in [0.05, 0.1) is 18.3 Å². The summed E-state index contributed by atoms with van der Waals surface area (Å²) in [6, 6.07) is 9.48. The number of thiophene rings is 1. The maximum atomic E-state index is 13.0. The average Bonchev–Trinajstić information content (AvgIpc) is 3.39. The fraction of sp³-hybridized carbons (Fsp3) is 0.316. The first kappa shape index (κ1) is 17.3. The van der Waals surface area contributed by atoms with E-state index >= 15 is 0 Å². The van der Waals surface area contributed by atoms with Crippen LogP contribution >= 0.6 is 23.1 Å². The molecule has 0 bridgehead atoms. The minimum absolute atomic E-state index is 0.00833. The first-order valence-electron chi connectivity index (χ1n) is 8.52. The van der Waals surface area contributed by atoms with Crippen LogP contribution in [0, 0.1) is 0 Å². The Morgan fingerprint density at radius 1 is 1.23 bits per heavy atom. The predicted octanol–water partition coefficient (Wildman–Crippen LogP) is 3.92. The summed E-state index contributed by atoms with van der Waals surface area (Å²) < 4.78 is 0. The van der Waals surface area contributed by atoms with Crippen LogP contribution in [0.25, 0.3) is 0 Å². The third kappa shape index (κ3) is 3.29. The Bertz CT molecular complexity index is 834. The van der Waals surface area contributed by atoms with Gasteiger partial charge in [-0.2, -0.15) is 11.3 Å². The highest BCUT2D eigenvalue weighted by Crippen LogP contribution is 2.34. The van der Waals surface area contributed by atoms with Crippen LogP contribution in [0.2, 0.25) is 0 Å². The summed E-state index contributed by atoms with van der Waals surface area (Å²) >= 11 is 2.67. The van der Waals surface area contributed by atoms with Crippen LogP contribution < -0.4 is 0 Å². The van der Waals surface area contributed by atoms with Crippen molar-refractivity contribution in [3.05, 3.63) is 57.8 Å². The molecule has 0 N–H and O–H groups in total. The monoisotopic (exact) mass is 386 g/mol. The number of likely N-dealkylation sites (tertiary alicyclic amines) is 1. The van der Waals surface area contributed by atoms with E-state index in [1.165, 1.54) is 10.5 Å². The van der Waals surface area contributed by atoms with E-state index in [-0.39, 0.29) is 35.4 Å². The zero-order valence-corrected chi connectivity index (χ0v) is 15.7. The van der Waals surface area contributed by atoms with Crippen LogP contribution in [0.4, 0.5) is 4.79 Å². The van der Waals surface area contributed by atoms with Crippen molar-refractivity contribution in [3.63, 3.8) is 0 Å². The van der Waals surface area contributed by atoms with Crippen molar-refractivity contribution in [1.82, 2.24) is 9.80 Å². The molecule has 4 rings (SSSR count). The largest absolute Gasteiger partial charge is 0.332 e. The second-order valence-corrected chi connectivity index (χ2v) is 8.15.